The zero-order valence-corrected chi connectivity index (χ0v) is 17.2. The molecule has 1 aliphatic carbocycles. The summed E-state index contributed by atoms with van der Waals surface area (Å²) in [7, 11) is 0. The summed E-state index contributed by atoms with van der Waals surface area (Å²) in [5.41, 5.74) is 1.11. The highest BCUT2D eigenvalue weighted by atomic mass is 35.5. The number of rotatable bonds is 5. The van der Waals surface area contributed by atoms with Gasteiger partial charge in [0.1, 0.15) is 12.4 Å². The lowest BCUT2D eigenvalue weighted by atomic mass is 9.81. The highest BCUT2D eigenvalue weighted by Crippen LogP contribution is 2.43. The number of hydrogen-bond donors (Lipinski definition) is 1. The first-order chi connectivity index (χ1) is 14.7. The van der Waals surface area contributed by atoms with E-state index in [1.165, 1.54) is 0 Å². The first-order valence-electron chi connectivity index (χ1n) is 9.72. The van der Waals surface area contributed by atoms with Crippen LogP contribution >= 0.6 is 11.6 Å². The largest absolute Gasteiger partial charge is 0.486 e. The molecule has 4 rings (SSSR count). The van der Waals surface area contributed by atoms with Crippen LogP contribution in [0, 0.1) is 12.8 Å². The lowest BCUT2D eigenvalue weighted by Gasteiger charge is -2.28. The summed E-state index contributed by atoms with van der Waals surface area (Å²) in [6.45, 7) is 1.86. The fraction of sp³-hybridized carbons (Fsp3) is 0.450. The molecule has 2 aromatic heterocycles. The SMILES string of the molecule is Cc1nc([C@H]2CC[C@H](C(F)(F)F)CC2)oc1COc1ccc(-c2noc(=O)[nH]2)c(Cl)c1. The van der Waals surface area contributed by atoms with Crippen LogP contribution in [0.1, 0.15) is 48.9 Å². The number of oxazole rings is 1. The first-order valence-corrected chi connectivity index (χ1v) is 10.1. The number of H-pyrrole nitrogens is 1. The average molecular weight is 458 g/mol. The number of nitrogens with zero attached hydrogens (tertiary/aromatic N) is 2. The van der Waals surface area contributed by atoms with Crippen molar-refractivity contribution in [1.82, 2.24) is 15.1 Å². The van der Waals surface area contributed by atoms with Crippen molar-refractivity contribution in [1.29, 1.82) is 0 Å². The van der Waals surface area contributed by atoms with E-state index >= 15 is 0 Å². The van der Waals surface area contributed by atoms with Gasteiger partial charge in [0.15, 0.2) is 17.5 Å². The number of ether oxygens (including phenoxy) is 1. The quantitative estimate of drug-likeness (QED) is 0.551. The predicted molar refractivity (Wildman–Crippen MR) is 104 cm³/mol. The van der Waals surface area contributed by atoms with Gasteiger partial charge in [-0.1, -0.05) is 16.8 Å². The van der Waals surface area contributed by atoms with E-state index in [0.29, 0.717) is 46.5 Å². The third-order valence-electron chi connectivity index (χ3n) is 5.45. The van der Waals surface area contributed by atoms with Gasteiger partial charge in [-0.05, 0) is 50.8 Å². The van der Waals surface area contributed by atoms with Crippen molar-refractivity contribution < 1.29 is 26.8 Å². The molecule has 11 heteroatoms. The molecule has 0 aliphatic heterocycles. The van der Waals surface area contributed by atoms with Gasteiger partial charge in [-0.25, -0.2) is 9.78 Å². The first kappa shape index (κ1) is 21.5. The Bertz CT molecular complexity index is 1110. The number of benzene rings is 1. The minimum atomic E-state index is -4.14. The summed E-state index contributed by atoms with van der Waals surface area (Å²) < 4.78 is 54.6. The van der Waals surface area contributed by atoms with Gasteiger partial charge in [-0.2, -0.15) is 13.2 Å². The van der Waals surface area contributed by atoms with Crippen LogP contribution in [0.4, 0.5) is 13.2 Å². The Kier molecular flexibility index (Phi) is 5.83. The van der Waals surface area contributed by atoms with Crippen LogP contribution in [0.5, 0.6) is 5.75 Å². The minimum absolute atomic E-state index is 0.0864. The third kappa shape index (κ3) is 4.79. The van der Waals surface area contributed by atoms with E-state index in [1.807, 2.05) is 0 Å². The number of alkyl halides is 3. The van der Waals surface area contributed by atoms with Crippen LogP contribution in [-0.2, 0) is 6.61 Å². The standard InChI is InChI=1S/C20H19ClF3N3O4/c1-10-16(30-18(25-10)11-2-4-12(5-3-11)20(22,23)24)9-29-13-6-7-14(15(21)8-13)17-26-19(28)31-27-17/h6-8,11-12H,2-5,9H2,1H3,(H,26,27,28)/t11-,12-. The Labute approximate surface area is 179 Å². The molecule has 0 amide bonds. The van der Waals surface area contributed by atoms with Gasteiger partial charge >= 0.3 is 11.9 Å². The van der Waals surface area contributed by atoms with Crippen LogP contribution < -0.4 is 10.5 Å². The zero-order valence-electron chi connectivity index (χ0n) is 16.5. The van der Waals surface area contributed by atoms with Crippen molar-refractivity contribution in [3.05, 3.63) is 51.1 Å². The van der Waals surface area contributed by atoms with Gasteiger partial charge in [0, 0.05) is 11.5 Å². The van der Waals surface area contributed by atoms with Crippen LogP contribution in [0.15, 0.2) is 31.9 Å². The van der Waals surface area contributed by atoms with Crippen molar-refractivity contribution in [3.63, 3.8) is 0 Å². The van der Waals surface area contributed by atoms with E-state index in [-0.39, 0.29) is 31.2 Å². The van der Waals surface area contributed by atoms with Crippen molar-refractivity contribution in [2.24, 2.45) is 5.92 Å². The third-order valence-corrected chi connectivity index (χ3v) is 5.77. The molecule has 0 unspecified atom stereocenters. The van der Waals surface area contributed by atoms with Crippen molar-refractivity contribution in [2.75, 3.05) is 0 Å². The van der Waals surface area contributed by atoms with Crippen molar-refractivity contribution in [3.8, 4) is 17.1 Å². The maximum absolute atomic E-state index is 12.9. The second kappa shape index (κ2) is 8.41. The van der Waals surface area contributed by atoms with Gasteiger partial charge in [0.25, 0.3) is 0 Å². The van der Waals surface area contributed by atoms with E-state index in [2.05, 4.69) is 19.6 Å². The molecule has 2 heterocycles. The molecule has 0 radical (unpaired) electrons. The summed E-state index contributed by atoms with van der Waals surface area (Å²) >= 11 is 6.24. The average Bonchev–Trinajstić information content (AvgIpc) is 3.31. The Morgan fingerprint density at radius 3 is 2.61 bits per heavy atom. The Morgan fingerprint density at radius 2 is 2.00 bits per heavy atom. The molecule has 166 valence electrons. The van der Waals surface area contributed by atoms with Crippen LogP contribution in [0.25, 0.3) is 11.4 Å². The molecule has 31 heavy (non-hydrogen) atoms. The number of aromatic nitrogens is 3. The van der Waals surface area contributed by atoms with Gasteiger partial charge < -0.3 is 9.15 Å². The second-order valence-electron chi connectivity index (χ2n) is 7.52. The van der Waals surface area contributed by atoms with Gasteiger partial charge in [0.05, 0.1) is 16.6 Å². The summed E-state index contributed by atoms with van der Waals surface area (Å²) in [5, 5.41) is 3.90. The number of nitrogens with one attached hydrogen (secondary N) is 1. The predicted octanol–water partition coefficient (Wildman–Crippen LogP) is 5.39. The summed E-state index contributed by atoms with van der Waals surface area (Å²) in [5.74, 6) is -0.418. The van der Waals surface area contributed by atoms with Gasteiger partial charge in [-0.3, -0.25) is 9.51 Å². The number of hydrogen-bond acceptors (Lipinski definition) is 6. The van der Waals surface area contributed by atoms with Crippen molar-refractivity contribution in [2.45, 2.75) is 51.3 Å². The summed E-state index contributed by atoms with van der Waals surface area (Å²) in [6, 6.07) is 4.84. The normalized spacial score (nSPS) is 19.5. The topological polar surface area (TPSA) is 94.2 Å². The molecule has 0 bridgehead atoms. The lowest BCUT2D eigenvalue weighted by molar-refractivity contribution is -0.182. The number of aryl methyl sites for hydroxylation is 1. The number of aromatic amines is 1. The molecule has 3 aromatic rings. The monoisotopic (exact) mass is 457 g/mol. The van der Waals surface area contributed by atoms with Crippen molar-refractivity contribution >= 4 is 11.6 Å². The Hall–Kier alpha value is -2.75. The molecule has 1 fully saturated rings. The van der Waals surface area contributed by atoms with E-state index < -0.39 is 17.9 Å². The van der Waals surface area contributed by atoms with E-state index in [4.69, 9.17) is 20.8 Å². The van der Waals surface area contributed by atoms with Crippen LogP contribution in [0.3, 0.4) is 0 Å². The molecule has 7 nitrogen and oxygen atoms in total. The lowest BCUT2D eigenvalue weighted by Crippen LogP contribution is -2.27. The summed E-state index contributed by atoms with van der Waals surface area (Å²) in [6.07, 6.45) is -3.18. The molecule has 0 atom stereocenters. The highest BCUT2D eigenvalue weighted by molar-refractivity contribution is 6.33. The smallest absolute Gasteiger partial charge is 0.439 e. The molecular weight excluding hydrogens is 439 g/mol. The molecule has 1 aliphatic rings. The fourth-order valence-electron chi connectivity index (χ4n) is 3.70. The molecule has 0 saturated heterocycles. The number of halogens is 4. The highest BCUT2D eigenvalue weighted by Gasteiger charge is 2.42. The molecular formula is C20H19ClF3N3O4. The van der Waals surface area contributed by atoms with Crippen LogP contribution in [0.2, 0.25) is 5.02 Å². The van der Waals surface area contributed by atoms with E-state index in [0.717, 1.165) is 0 Å². The summed E-state index contributed by atoms with van der Waals surface area (Å²) in [4.78, 5) is 17.9. The van der Waals surface area contributed by atoms with E-state index in [1.54, 1.807) is 25.1 Å². The van der Waals surface area contributed by atoms with Gasteiger partial charge in [0.2, 0.25) is 0 Å². The fourth-order valence-corrected chi connectivity index (χ4v) is 3.96. The maximum Gasteiger partial charge on any atom is 0.439 e. The van der Waals surface area contributed by atoms with E-state index in [9.17, 15) is 18.0 Å². The molecule has 1 saturated carbocycles. The Morgan fingerprint density at radius 1 is 1.26 bits per heavy atom. The maximum atomic E-state index is 12.9. The molecule has 0 spiro atoms. The van der Waals surface area contributed by atoms with Crippen LogP contribution in [-0.4, -0.2) is 21.3 Å². The second-order valence-corrected chi connectivity index (χ2v) is 7.93. The van der Waals surface area contributed by atoms with Gasteiger partial charge in [-0.15, -0.1) is 0 Å². The molecule has 1 aromatic carbocycles. The Balaban J connectivity index is 1.39. The minimum Gasteiger partial charge on any atom is -0.486 e. The zero-order chi connectivity index (χ0) is 22.2. The molecule has 1 N–H and O–H groups in total.